The van der Waals surface area contributed by atoms with Gasteiger partial charge in [0.15, 0.2) is 0 Å². The number of hydrogen-bond acceptors (Lipinski definition) is 7. The van der Waals surface area contributed by atoms with Crippen molar-refractivity contribution in [1.29, 1.82) is 0 Å². The first-order valence-corrected chi connectivity index (χ1v) is 10.3. The lowest BCUT2D eigenvalue weighted by molar-refractivity contribution is -0.135. The SMILES string of the molecule is COc1ccccc1-c1nnc(CC(=O)N2CCCCC2CN2CCOCC2)o1. The summed E-state index contributed by atoms with van der Waals surface area (Å²) in [6.07, 6.45) is 3.38. The molecular weight excluding hydrogens is 372 g/mol. The lowest BCUT2D eigenvalue weighted by Gasteiger charge is -2.39. The van der Waals surface area contributed by atoms with E-state index in [0.717, 1.165) is 64.2 Å². The number of morpholine rings is 1. The number of amides is 1. The summed E-state index contributed by atoms with van der Waals surface area (Å²) < 4.78 is 16.6. The van der Waals surface area contributed by atoms with Crippen LogP contribution in [-0.4, -0.2) is 78.4 Å². The molecule has 0 radical (unpaired) electrons. The Bertz CT molecular complexity index is 819. The fraction of sp³-hybridized carbons (Fsp3) is 0.571. The van der Waals surface area contributed by atoms with Crippen LogP contribution in [0.15, 0.2) is 28.7 Å². The van der Waals surface area contributed by atoms with Crippen LogP contribution >= 0.6 is 0 Å². The van der Waals surface area contributed by atoms with Crippen LogP contribution in [0.4, 0.5) is 0 Å². The number of para-hydroxylation sites is 1. The smallest absolute Gasteiger partial charge is 0.251 e. The lowest BCUT2D eigenvalue weighted by atomic mass is 10.0. The zero-order valence-corrected chi connectivity index (χ0v) is 16.9. The first kappa shape index (κ1) is 19.8. The van der Waals surface area contributed by atoms with E-state index < -0.39 is 0 Å². The second-order valence-electron chi connectivity index (χ2n) is 7.53. The van der Waals surface area contributed by atoms with Crippen LogP contribution in [0.25, 0.3) is 11.5 Å². The van der Waals surface area contributed by atoms with Gasteiger partial charge in [0.05, 0.1) is 25.9 Å². The summed E-state index contributed by atoms with van der Waals surface area (Å²) in [5, 5.41) is 8.21. The Morgan fingerprint density at radius 2 is 2.00 bits per heavy atom. The van der Waals surface area contributed by atoms with E-state index in [2.05, 4.69) is 15.1 Å². The second kappa shape index (κ2) is 9.37. The van der Waals surface area contributed by atoms with E-state index >= 15 is 0 Å². The molecule has 0 bridgehead atoms. The van der Waals surface area contributed by atoms with E-state index in [4.69, 9.17) is 13.9 Å². The number of methoxy groups -OCH3 is 1. The average Bonchev–Trinajstić information content (AvgIpc) is 3.23. The molecule has 8 heteroatoms. The quantitative estimate of drug-likeness (QED) is 0.734. The zero-order chi connectivity index (χ0) is 20.1. The number of aromatic nitrogens is 2. The van der Waals surface area contributed by atoms with Crippen LogP contribution in [0.5, 0.6) is 5.75 Å². The summed E-state index contributed by atoms with van der Waals surface area (Å²) in [5.74, 6) is 1.43. The second-order valence-corrected chi connectivity index (χ2v) is 7.53. The van der Waals surface area contributed by atoms with E-state index in [0.29, 0.717) is 17.5 Å². The Kier molecular flexibility index (Phi) is 6.41. The third-order valence-electron chi connectivity index (χ3n) is 5.63. The van der Waals surface area contributed by atoms with Crippen LogP contribution in [0.3, 0.4) is 0 Å². The predicted octanol–water partition coefficient (Wildman–Crippen LogP) is 2.00. The molecule has 0 N–H and O–H groups in total. The van der Waals surface area contributed by atoms with Crippen LogP contribution in [0.2, 0.25) is 0 Å². The van der Waals surface area contributed by atoms with Gasteiger partial charge in [0.2, 0.25) is 11.8 Å². The monoisotopic (exact) mass is 400 g/mol. The minimum absolute atomic E-state index is 0.0539. The van der Waals surface area contributed by atoms with Crippen molar-refractivity contribution in [2.24, 2.45) is 0 Å². The molecule has 156 valence electrons. The van der Waals surface area contributed by atoms with Gasteiger partial charge >= 0.3 is 0 Å². The molecule has 1 aromatic carbocycles. The van der Waals surface area contributed by atoms with Gasteiger partial charge in [-0.2, -0.15) is 0 Å². The topological polar surface area (TPSA) is 80.9 Å². The molecule has 2 aliphatic heterocycles. The van der Waals surface area contributed by atoms with Crippen molar-refractivity contribution in [2.45, 2.75) is 31.7 Å². The van der Waals surface area contributed by atoms with Gasteiger partial charge in [-0.1, -0.05) is 12.1 Å². The summed E-state index contributed by atoms with van der Waals surface area (Å²) in [5.41, 5.74) is 0.726. The number of carbonyl (C=O) groups excluding carboxylic acids is 1. The molecule has 29 heavy (non-hydrogen) atoms. The Hall–Kier alpha value is -2.45. The summed E-state index contributed by atoms with van der Waals surface area (Å²) >= 11 is 0. The van der Waals surface area contributed by atoms with Gasteiger partial charge in [-0.3, -0.25) is 9.69 Å². The number of nitrogens with zero attached hydrogens (tertiary/aromatic N) is 4. The molecule has 0 aliphatic carbocycles. The minimum atomic E-state index is 0.0539. The molecule has 1 amide bonds. The molecule has 8 nitrogen and oxygen atoms in total. The fourth-order valence-electron chi connectivity index (χ4n) is 4.09. The molecule has 1 atom stereocenters. The molecule has 1 aromatic heterocycles. The van der Waals surface area contributed by atoms with Crippen molar-refractivity contribution in [3.63, 3.8) is 0 Å². The molecule has 0 spiro atoms. The maximum absolute atomic E-state index is 13.0. The van der Waals surface area contributed by atoms with E-state index in [1.165, 1.54) is 0 Å². The summed E-state index contributed by atoms with van der Waals surface area (Å²) in [4.78, 5) is 17.4. The third kappa shape index (κ3) is 4.76. The number of rotatable bonds is 6. The number of benzene rings is 1. The number of ether oxygens (including phenoxy) is 2. The van der Waals surface area contributed by atoms with E-state index in [1.54, 1.807) is 7.11 Å². The molecule has 3 heterocycles. The van der Waals surface area contributed by atoms with Crippen molar-refractivity contribution in [3.05, 3.63) is 30.2 Å². The predicted molar refractivity (Wildman–Crippen MR) is 107 cm³/mol. The average molecular weight is 400 g/mol. The lowest BCUT2D eigenvalue weighted by Crippen LogP contribution is -2.51. The highest BCUT2D eigenvalue weighted by Crippen LogP contribution is 2.28. The van der Waals surface area contributed by atoms with Gasteiger partial charge in [0, 0.05) is 32.2 Å². The number of piperidine rings is 1. The van der Waals surface area contributed by atoms with Gasteiger partial charge in [-0.05, 0) is 31.4 Å². The maximum Gasteiger partial charge on any atom is 0.251 e. The van der Waals surface area contributed by atoms with Crippen LogP contribution < -0.4 is 4.74 Å². The van der Waals surface area contributed by atoms with Gasteiger partial charge in [0.1, 0.15) is 12.2 Å². The summed E-state index contributed by atoms with van der Waals surface area (Å²) in [7, 11) is 1.60. The van der Waals surface area contributed by atoms with Crippen molar-refractivity contribution < 1.29 is 18.7 Å². The van der Waals surface area contributed by atoms with E-state index in [9.17, 15) is 4.79 Å². The number of hydrogen-bond donors (Lipinski definition) is 0. The van der Waals surface area contributed by atoms with Crippen LogP contribution in [-0.2, 0) is 16.0 Å². The van der Waals surface area contributed by atoms with E-state index in [-0.39, 0.29) is 18.4 Å². The number of carbonyl (C=O) groups is 1. The standard InChI is InChI=1S/C21H28N4O4/c1-27-18-8-3-2-7-17(18)21-23-22-19(29-21)14-20(26)25-9-5-4-6-16(25)15-24-10-12-28-13-11-24/h2-3,7-8,16H,4-6,9-15H2,1H3. The van der Waals surface area contributed by atoms with Crippen molar-refractivity contribution in [2.75, 3.05) is 46.5 Å². The van der Waals surface area contributed by atoms with Crippen LogP contribution in [0.1, 0.15) is 25.2 Å². The molecule has 2 aliphatic rings. The number of likely N-dealkylation sites (tertiary alicyclic amines) is 1. The Morgan fingerprint density at radius 3 is 2.83 bits per heavy atom. The normalized spacial score (nSPS) is 20.6. The van der Waals surface area contributed by atoms with E-state index in [1.807, 2.05) is 29.2 Å². The third-order valence-corrected chi connectivity index (χ3v) is 5.63. The zero-order valence-electron chi connectivity index (χ0n) is 16.9. The van der Waals surface area contributed by atoms with Crippen molar-refractivity contribution in [1.82, 2.24) is 20.0 Å². The summed E-state index contributed by atoms with van der Waals surface area (Å²) in [6, 6.07) is 7.71. The Morgan fingerprint density at radius 1 is 1.17 bits per heavy atom. The first-order chi connectivity index (χ1) is 14.2. The molecule has 2 aromatic rings. The molecule has 1 unspecified atom stereocenters. The van der Waals surface area contributed by atoms with Crippen LogP contribution in [0, 0.1) is 0 Å². The largest absolute Gasteiger partial charge is 0.496 e. The minimum Gasteiger partial charge on any atom is -0.496 e. The highest BCUT2D eigenvalue weighted by Gasteiger charge is 2.29. The van der Waals surface area contributed by atoms with Gasteiger partial charge in [-0.15, -0.1) is 10.2 Å². The van der Waals surface area contributed by atoms with Crippen molar-refractivity contribution >= 4 is 5.91 Å². The molecule has 2 saturated heterocycles. The van der Waals surface area contributed by atoms with Gasteiger partial charge in [-0.25, -0.2) is 0 Å². The van der Waals surface area contributed by atoms with Crippen molar-refractivity contribution in [3.8, 4) is 17.2 Å². The molecule has 2 fully saturated rings. The maximum atomic E-state index is 13.0. The highest BCUT2D eigenvalue weighted by atomic mass is 16.5. The first-order valence-electron chi connectivity index (χ1n) is 10.3. The fourth-order valence-corrected chi connectivity index (χ4v) is 4.09. The Labute approximate surface area is 170 Å². The summed E-state index contributed by atoms with van der Waals surface area (Å²) in [6.45, 7) is 5.12. The highest BCUT2D eigenvalue weighted by molar-refractivity contribution is 5.78. The molecular formula is C21H28N4O4. The molecule has 0 saturated carbocycles. The Balaban J connectivity index is 1.42. The van der Waals surface area contributed by atoms with Gasteiger partial charge < -0.3 is 18.8 Å². The van der Waals surface area contributed by atoms with Gasteiger partial charge in [0.25, 0.3) is 5.89 Å². The molecule has 4 rings (SSSR count).